The first-order chi connectivity index (χ1) is 12.5. The molecular weight excluding hydrogens is 326 g/mol. The van der Waals surface area contributed by atoms with Gasteiger partial charge < -0.3 is 15.2 Å². The fourth-order valence-electron chi connectivity index (χ4n) is 3.65. The van der Waals surface area contributed by atoms with Crippen LogP contribution in [-0.2, 0) is 11.3 Å². The molecule has 0 saturated carbocycles. The van der Waals surface area contributed by atoms with Crippen LogP contribution in [0, 0.1) is 5.92 Å². The minimum atomic E-state index is -0.519. The average Bonchev–Trinajstić information content (AvgIpc) is 3.20. The first-order valence-corrected chi connectivity index (χ1v) is 8.81. The summed E-state index contributed by atoms with van der Waals surface area (Å²) in [5.41, 5.74) is 3.36. The summed E-state index contributed by atoms with van der Waals surface area (Å²) in [7, 11) is 0. The molecule has 0 radical (unpaired) electrons. The Morgan fingerprint density at radius 2 is 1.96 bits per heavy atom. The first-order valence-electron chi connectivity index (χ1n) is 8.81. The van der Waals surface area contributed by atoms with Crippen LogP contribution in [0.1, 0.15) is 29.8 Å². The van der Waals surface area contributed by atoms with E-state index in [4.69, 9.17) is 0 Å². The van der Waals surface area contributed by atoms with E-state index in [1.54, 1.807) is 4.90 Å². The van der Waals surface area contributed by atoms with Gasteiger partial charge in [0.15, 0.2) is 0 Å². The largest absolute Gasteiger partial charge is 0.361 e. The van der Waals surface area contributed by atoms with E-state index in [-0.39, 0.29) is 17.7 Å². The van der Waals surface area contributed by atoms with Crippen molar-refractivity contribution in [1.82, 2.24) is 9.88 Å². The van der Waals surface area contributed by atoms with Crippen molar-refractivity contribution in [2.45, 2.75) is 26.4 Å². The third-order valence-corrected chi connectivity index (χ3v) is 4.91. The topological polar surface area (TPSA) is 65.2 Å². The van der Waals surface area contributed by atoms with Gasteiger partial charge in [0, 0.05) is 29.5 Å². The molecule has 0 fully saturated rings. The van der Waals surface area contributed by atoms with Gasteiger partial charge in [-0.05, 0) is 41.1 Å². The fraction of sp³-hybridized carbons (Fsp3) is 0.238. The quantitative estimate of drug-likeness (QED) is 0.754. The van der Waals surface area contributed by atoms with Gasteiger partial charge in [0.2, 0.25) is 5.91 Å². The van der Waals surface area contributed by atoms with Crippen molar-refractivity contribution in [3.05, 3.63) is 65.9 Å². The number of carbonyl (C=O) groups is 2. The number of nitrogens with zero attached hydrogens (tertiary/aromatic N) is 1. The van der Waals surface area contributed by atoms with Crippen molar-refractivity contribution in [2.75, 3.05) is 5.32 Å². The Morgan fingerprint density at radius 3 is 2.73 bits per heavy atom. The molecule has 26 heavy (non-hydrogen) atoms. The zero-order valence-corrected chi connectivity index (χ0v) is 14.8. The summed E-state index contributed by atoms with van der Waals surface area (Å²) < 4.78 is 0. The van der Waals surface area contributed by atoms with E-state index in [1.807, 2.05) is 68.6 Å². The molecule has 2 amide bonds. The Bertz CT molecular complexity index is 990. The van der Waals surface area contributed by atoms with Crippen LogP contribution >= 0.6 is 0 Å². The van der Waals surface area contributed by atoms with Gasteiger partial charge in [0.25, 0.3) is 5.91 Å². The van der Waals surface area contributed by atoms with Crippen molar-refractivity contribution >= 4 is 28.4 Å². The number of aromatic nitrogens is 1. The maximum absolute atomic E-state index is 13.0. The molecule has 1 aliphatic heterocycles. The molecule has 5 nitrogen and oxygen atoms in total. The van der Waals surface area contributed by atoms with Crippen LogP contribution in [0.15, 0.2) is 54.7 Å². The molecule has 0 spiro atoms. The fourth-order valence-corrected chi connectivity index (χ4v) is 3.65. The van der Waals surface area contributed by atoms with E-state index in [1.165, 1.54) is 0 Å². The van der Waals surface area contributed by atoms with Crippen LogP contribution in [0.4, 0.5) is 5.69 Å². The number of rotatable bonds is 4. The summed E-state index contributed by atoms with van der Waals surface area (Å²) in [6, 6.07) is 14.8. The average molecular weight is 347 g/mol. The Kier molecular flexibility index (Phi) is 3.99. The van der Waals surface area contributed by atoms with Gasteiger partial charge in [0.1, 0.15) is 6.04 Å². The summed E-state index contributed by atoms with van der Waals surface area (Å²) in [4.78, 5) is 30.6. The van der Waals surface area contributed by atoms with Gasteiger partial charge in [-0.15, -0.1) is 0 Å². The number of amides is 2. The van der Waals surface area contributed by atoms with Crippen LogP contribution in [0.5, 0.6) is 0 Å². The number of nitrogens with one attached hydrogen (secondary N) is 2. The Hall–Kier alpha value is -3.08. The van der Waals surface area contributed by atoms with E-state index >= 15 is 0 Å². The Labute approximate surface area is 152 Å². The first kappa shape index (κ1) is 16.4. The number of carbonyl (C=O) groups excluding carboxylic acids is 2. The highest BCUT2D eigenvalue weighted by molar-refractivity contribution is 6.04. The summed E-state index contributed by atoms with van der Waals surface area (Å²) in [6.45, 7) is 4.41. The van der Waals surface area contributed by atoms with Crippen LogP contribution in [0.25, 0.3) is 10.9 Å². The van der Waals surface area contributed by atoms with E-state index in [2.05, 4.69) is 10.3 Å². The van der Waals surface area contributed by atoms with Crippen LogP contribution in [0.2, 0.25) is 0 Å². The number of benzene rings is 2. The Morgan fingerprint density at radius 1 is 1.15 bits per heavy atom. The van der Waals surface area contributed by atoms with E-state index in [0.29, 0.717) is 12.1 Å². The summed E-state index contributed by atoms with van der Waals surface area (Å²) in [5.74, 6) is -0.233. The lowest BCUT2D eigenvalue weighted by Crippen LogP contribution is -2.47. The van der Waals surface area contributed by atoms with Crippen LogP contribution in [-0.4, -0.2) is 27.7 Å². The maximum atomic E-state index is 13.0. The molecule has 1 aromatic heterocycles. The number of hydrogen-bond donors (Lipinski definition) is 2. The monoisotopic (exact) mass is 347 g/mol. The number of H-pyrrole nitrogens is 1. The summed E-state index contributed by atoms with van der Waals surface area (Å²) in [6.07, 6.45) is 1.87. The summed E-state index contributed by atoms with van der Waals surface area (Å²) in [5, 5.41) is 4.07. The highest BCUT2D eigenvalue weighted by atomic mass is 16.2. The molecule has 0 aliphatic carbocycles. The third kappa shape index (κ3) is 2.75. The minimum Gasteiger partial charge on any atom is -0.361 e. The van der Waals surface area contributed by atoms with Gasteiger partial charge in [-0.25, -0.2) is 0 Å². The number of anilines is 1. The lowest BCUT2D eigenvalue weighted by atomic mass is 10.0. The highest BCUT2D eigenvalue weighted by Gasteiger charge is 2.37. The van der Waals surface area contributed by atoms with Crippen molar-refractivity contribution in [2.24, 2.45) is 5.92 Å². The predicted octanol–water partition coefficient (Wildman–Crippen LogP) is 3.79. The molecule has 2 heterocycles. The molecular formula is C21H21N3O2. The SMILES string of the molecule is CC(C)C(C(=O)Nc1ccc2cc[nH]c2c1)N1Cc2ccccc2C1=O. The lowest BCUT2D eigenvalue weighted by molar-refractivity contribution is -0.122. The van der Waals surface area contributed by atoms with Crippen molar-refractivity contribution in [3.63, 3.8) is 0 Å². The van der Waals surface area contributed by atoms with Crippen molar-refractivity contribution < 1.29 is 9.59 Å². The molecule has 0 bridgehead atoms. The normalized spacial score (nSPS) is 14.7. The van der Waals surface area contributed by atoms with Crippen LogP contribution in [0.3, 0.4) is 0 Å². The minimum absolute atomic E-state index is 0.00230. The van der Waals surface area contributed by atoms with E-state index < -0.39 is 6.04 Å². The molecule has 3 aromatic rings. The second kappa shape index (κ2) is 6.33. The van der Waals surface area contributed by atoms with E-state index in [9.17, 15) is 9.59 Å². The predicted molar refractivity (Wildman–Crippen MR) is 102 cm³/mol. The highest BCUT2D eigenvalue weighted by Crippen LogP contribution is 2.28. The number of hydrogen-bond acceptors (Lipinski definition) is 2. The van der Waals surface area contributed by atoms with Crippen molar-refractivity contribution in [1.29, 1.82) is 0 Å². The molecule has 132 valence electrons. The molecule has 1 unspecified atom stereocenters. The number of fused-ring (bicyclic) bond motifs is 2. The molecule has 2 aromatic carbocycles. The molecule has 5 heteroatoms. The molecule has 1 aliphatic rings. The zero-order valence-electron chi connectivity index (χ0n) is 14.8. The van der Waals surface area contributed by atoms with Gasteiger partial charge in [-0.2, -0.15) is 0 Å². The molecule has 4 rings (SSSR count). The second-order valence-electron chi connectivity index (χ2n) is 7.05. The van der Waals surface area contributed by atoms with Gasteiger partial charge in [-0.3, -0.25) is 9.59 Å². The number of aromatic amines is 1. The zero-order chi connectivity index (χ0) is 18.3. The van der Waals surface area contributed by atoms with Gasteiger partial charge in [-0.1, -0.05) is 38.1 Å². The van der Waals surface area contributed by atoms with E-state index in [0.717, 1.165) is 22.2 Å². The summed E-state index contributed by atoms with van der Waals surface area (Å²) >= 11 is 0. The maximum Gasteiger partial charge on any atom is 0.255 e. The lowest BCUT2D eigenvalue weighted by Gasteiger charge is -2.29. The van der Waals surface area contributed by atoms with Crippen molar-refractivity contribution in [3.8, 4) is 0 Å². The van der Waals surface area contributed by atoms with Gasteiger partial charge >= 0.3 is 0 Å². The molecule has 1 atom stereocenters. The molecule has 2 N–H and O–H groups in total. The van der Waals surface area contributed by atoms with Gasteiger partial charge in [0.05, 0.1) is 0 Å². The second-order valence-corrected chi connectivity index (χ2v) is 7.05. The Balaban J connectivity index is 1.58. The standard InChI is InChI=1S/C21H21N3O2/c1-13(2)19(24-12-15-5-3-4-6-17(15)21(24)26)20(25)23-16-8-7-14-9-10-22-18(14)11-16/h3-11,13,19,22H,12H2,1-2H3,(H,23,25). The van der Waals surface area contributed by atoms with Crippen LogP contribution < -0.4 is 5.32 Å². The molecule has 0 saturated heterocycles. The smallest absolute Gasteiger partial charge is 0.255 e. The third-order valence-electron chi connectivity index (χ3n) is 4.91.